The van der Waals surface area contributed by atoms with Crippen molar-refractivity contribution in [1.82, 2.24) is 20.5 Å². The summed E-state index contributed by atoms with van der Waals surface area (Å²) in [6, 6.07) is 4.01. The van der Waals surface area contributed by atoms with Crippen molar-refractivity contribution < 1.29 is 42.7 Å². The molecule has 0 spiro atoms. The minimum Gasteiger partial charge on any atom is -0.496 e. The topological polar surface area (TPSA) is 155 Å². The molecule has 5 aliphatic rings. The van der Waals surface area contributed by atoms with E-state index in [0.29, 0.717) is 67.7 Å². The van der Waals surface area contributed by atoms with Crippen molar-refractivity contribution >= 4 is 42.3 Å². The van der Waals surface area contributed by atoms with E-state index >= 15 is 0 Å². The molecule has 2 bridgehead atoms. The minimum absolute atomic E-state index is 0.00467. The first kappa shape index (κ1) is 43.9. The van der Waals surface area contributed by atoms with Gasteiger partial charge in [-0.3, -0.25) is 4.79 Å². The van der Waals surface area contributed by atoms with E-state index in [4.69, 9.17) is 23.5 Å². The molecule has 7 rings (SSSR count). The number of hydrogen-bond donors (Lipinski definition) is 2. The number of urea groups is 1. The lowest BCUT2D eigenvalue weighted by molar-refractivity contribution is -0.199. The average molecular weight is 823 g/mol. The number of nitrogens with one attached hydrogen (secondary N) is 2. The number of methoxy groups -OCH3 is 1. The molecule has 2 aliphatic heterocycles. The molecular formula is C43H63BN4O9S. The van der Waals surface area contributed by atoms with E-state index in [1.54, 1.807) is 17.0 Å². The average Bonchev–Trinajstić information content (AvgIpc) is 3.73. The lowest BCUT2D eigenvalue weighted by Crippen LogP contribution is -2.65. The lowest BCUT2D eigenvalue weighted by atomic mass is 9.43. The predicted octanol–water partition coefficient (Wildman–Crippen LogP) is 7.70. The number of rotatable bonds is 12. The number of carbonyl (C=O) groups is 4. The van der Waals surface area contributed by atoms with Gasteiger partial charge in [0.25, 0.3) is 0 Å². The maximum absolute atomic E-state index is 14.7. The molecular weight excluding hydrogens is 759 g/mol. The molecule has 15 heteroatoms. The number of amides is 3. The van der Waals surface area contributed by atoms with Crippen molar-refractivity contribution in [2.24, 2.45) is 23.2 Å². The molecule has 2 saturated heterocycles. The van der Waals surface area contributed by atoms with Gasteiger partial charge in [-0.25, -0.2) is 19.4 Å². The van der Waals surface area contributed by atoms with Gasteiger partial charge in [-0.1, -0.05) is 26.0 Å². The Labute approximate surface area is 348 Å². The molecule has 3 amide bonds. The number of thiazole rings is 1. The number of ether oxygens (including phenoxy) is 3. The molecule has 3 heterocycles. The summed E-state index contributed by atoms with van der Waals surface area (Å²) in [5.41, 5.74) is -0.182. The maximum atomic E-state index is 14.7. The summed E-state index contributed by atoms with van der Waals surface area (Å²) in [4.78, 5) is 60.6. The van der Waals surface area contributed by atoms with E-state index in [1.165, 1.54) is 18.4 Å². The summed E-state index contributed by atoms with van der Waals surface area (Å²) < 4.78 is 30.7. The number of para-hydroxylation sites is 1. The SMILES string of the molecule is COc1c(C[C@H](CC(=O)C(NC(=O)N2CCC(CNC(=O)OC(C)(C)C)CC2)c2csc(C)n2)B2O[C@@H]3C[C@@H]4C[C@@H](C4(C)C)[C@]3(C)O2)cccc1C(=O)OC(C)(C)C. The van der Waals surface area contributed by atoms with E-state index in [2.05, 4.69) is 36.4 Å². The number of Topliss-reactive ketones (excluding diaryl/α,β-unsaturated/α-hetero) is 1. The molecule has 318 valence electrons. The molecule has 1 unspecified atom stereocenters. The van der Waals surface area contributed by atoms with Crippen molar-refractivity contribution in [1.29, 1.82) is 0 Å². The number of esters is 1. The second-order valence-corrected chi connectivity index (χ2v) is 20.5. The number of likely N-dealkylation sites (tertiary alicyclic amines) is 1. The molecule has 0 radical (unpaired) electrons. The van der Waals surface area contributed by atoms with Crippen molar-refractivity contribution in [3.05, 3.63) is 45.4 Å². The Morgan fingerprint density at radius 3 is 2.33 bits per heavy atom. The largest absolute Gasteiger partial charge is 0.496 e. The normalized spacial score (nSPS) is 25.2. The number of aryl methyl sites for hydroxylation is 1. The van der Waals surface area contributed by atoms with E-state index in [9.17, 15) is 19.2 Å². The standard InChI is InChI=1S/C43H63BN4O9S/c1-25-46-31(24-58-25)35(47-38(51)48-17-15-26(16-18-48)23-45-39(52)55-41(5,6)7)32(49)22-29(44-56-34-21-28-20-33(42(28,8)9)43(34,10)57-44)19-27-13-12-14-30(36(27)53-11)37(50)54-40(2,3)4/h12-14,24,26,28-29,33-35H,15-23H2,1-11H3,(H,45,52)(H,47,51)/t28-,29+,33-,34+,35?,43-/m0/s1. The third-order valence-corrected chi connectivity index (χ3v) is 13.4. The van der Waals surface area contributed by atoms with Crippen molar-refractivity contribution in [2.45, 2.75) is 143 Å². The van der Waals surface area contributed by atoms with Gasteiger partial charge in [0.2, 0.25) is 0 Å². The highest BCUT2D eigenvalue weighted by Gasteiger charge is 2.68. The quantitative estimate of drug-likeness (QED) is 0.161. The monoisotopic (exact) mass is 822 g/mol. The van der Waals surface area contributed by atoms with Gasteiger partial charge in [-0.05, 0) is 122 Å². The zero-order chi connectivity index (χ0) is 42.4. The van der Waals surface area contributed by atoms with Gasteiger partial charge in [0.15, 0.2) is 5.78 Å². The molecule has 6 atom stereocenters. The van der Waals surface area contributed by atoms with E-state index in [0.717, 1.165) is 23.4 Å². The van der Waals surface area contributed by atoms with Crippen LogP contribution in [0, 0.1) is 30.1 Å². The van der Waals surface area contributed by atoms with Crippen LogP contribution in [-0.4, -0.2) is 90.5 Å². The summed E-state index contributed by atoms with van der Waals surface area (Å²) in [5, 5.41) is 8.49. The first-order chi connectivity index (χ1) is 27.1. The van der Waals surface area contributed by atoms with Crippen LogP contribution in [0.4, 0.5) is 9.59 Å². The van der Waals surface area contributed by atoms with Crippen LogP contribution in [-0.2, 0) is 30.0 Å². The number of benzene rings is 1. The highest BCUT2D eigenvalue weighted by Crippen LogP contribution is 2.66. The van der Waals surface area contributed by atoms with Crippen molar-refractivity contribution in [3.8, 4) is 5.75 Å². The fraction of sp³-hybridized carbons (Fsp3) is 0.698. The molecule has 3 aliphatic carbocycles. The smallest absolute Gasteiger partial charge is 0.461 e. The van der Waals surface area contributed by atoms with Crippen molar-refractivity contribution in [3.63, 3.8) is 0 Å². The van der Waals surface area contributed by atoms with Gasteiger partial charge in [0.05, 0.1) is 29.5 Å². The Bertz CT molecular complexity index is 1850. The summed E-state index contributed by atoms with van der Waals surface area (Å²) >= 11 is 1.42. The van der Waals surface area contributed by atoms with Crippen LogP contribution in [0.5, 0.6) is 5.75 Å². The van der Waals surface area contributed by atoms with Crippen LogP contribution in [0.1, 0.15) is 127 Å². The zero-order valence-electron chi connectivity index (χ0n) is 36.2. The van der Waals surface area contributed by atoms with Crippen molar-refractivity contribution in [2.75, 3.05) is 26.7 Å². The Balaban J connectivity index is 1.22. The summed E-state index contributed by atoms with van der Waals surface area (Å²) in [6.45, 7) is 21.0. The van der Waals surface area contributed by atoms with Crippen LogP contribution < -0.4 is 15.4 Å². The van der Waals surface area contributed by atoms with Crippen LogP contribution in [0.15, 0.2) is 23.6 Å². The molecule has 58 heavy (non-hydrogen) atoms. The summed E-state index contributed by atoms with van der Waals surface area (Å²) in [5.74, 6) is 0.209. The summed E-state index contributed by atoms with van der Waals surface area (Å²) in [6.07, 6.45) is 3.10. The lowest BCUT2D eigenvalue weighted by Gasteiger charge is -2.64. The number of carbonyl (C=O) groups excluding carboxylic acids is 4. The van der Waals surface area contributed by atoms with E-state index in [1.807, 2.05) is 59.9 Å². The first-order valence-corrected chi connectivity index (χ1v) is 21.7. The highest BCUT2D eigenvalue weighted by atomic mass is 32.1. The minimum atomic E-state index is -1.01. The summed E-state index contributed by atoms with van der Waals surface area (Å²) in [7, 11) is 0.808. The molecule has 3 saturated carbocycles. The molecule has 5 fully saturated rings. The first-order valence-electron chi connectivity index (χ1n) is 20.8. The predicted molar refractivity (Wildman–Crippen MR) is 222 cm³/mol. The third-order valence-electron chi connectivity index (χ3n) is 12.6. The molecule has 1 aromatic heterocycles. The molecule has 2 aromatic rings. The third kappa shape index (κ3) is 9.68. The fourth-order valence-corrected chi connectivity index (χ4v) is 10.1. The van der Waals surface area contributed by atoms with Gasteiger partial charge in [0, 0.05) is 37.3 Å². The number of aromatic nitrogens is 1. The Kier molecular flexibility index (Phi) is 12.7. The fourth-order valence-electron chi connectivity index (χ4n) is 9.43. The number of hydrogen-bond acceptors (Lipinski definition) is 11. The number of alkyl carbamates (subject to hydrolysis) is 1. The Morgan fingerprint density at radius 1 is 1.03 bits per heavy atom. The van der Waals surface area contributed by atoms with Gasteiger partial charge in [-0.15, -0.1) is 11.3 Å². The van der Waals surface area contributed by atoms with Crippen LogP contribution in [0.3, 0.4) is 0 Å². The molecule has 1 aromatic carbocycles. The van der Waals surface area contributed by atoms with Gasteiger partial charge < -0.3 is 39.1 Å². The number of nitrogens with zero attached hydrogens (tertiary/aromatic N) is 2. The van der Waals surface area contributed by atoms with Crippen LogP contribution in [0.2, 0.25) is 5.82 Å². The Hall–Kier alpha value is -3.69. The van der Waals surface area contributed by atoms with Gasteiger partial charge in [0.1, 0.15) is 28.6 Å². The molecule has 13 nitrogen and oxygen atoms in total. The Morgan fingerprint density at radius 2 is 1.72 bits per heavy atom. The van der Waals surface area contributed by atoms with E-state index < -0.39 is 47.8 Å². The van der Waals surface area contributed by atoms with Crippen LogP contribution in [0.25, 0.3) is 0 Å². The highest BCUT2D eigenvalue weighted by molar-refractivity contribution is 7.09. The van der Waals surface area contributed by atoms with E-state index in [-0.39, 0.29) is 35.7 Å². The molecule has 2 N–H and O–H groups in total. The second-order valence-electron chi connectivity index (χ2n) is 19.5. The van der Waals surface area contributed by atoms with Gasteiger partial charge in [-0.2, -0.15) is 0 Å². The second kappa shape index (κ2) is 16.8. The zero-order valence-corrected chi connectivity index (χ0v) is 37.0. The van der Waals surface area contributed by atoms with Gasteiger partial charge >= 0.3 is 25.2 Å². The maximum Gasteiger partial charge on any atom is 0.461 e. The number of piperidine rings is 1. The van der Waals surface area contributed by atoms with Crippen LogP contribution >= 0.6 is 11.3 Å². The number of ketones is 1.